The molecule has 2 saturated heterocycles. The van der Waals surface area contributed by atoms with E-state index in [-0.39, 0.29) is 29.5 Å². The van der Waals surface area contributed by atoms with E-state index in [9.17, 15) is 22.8 Å². The Labute approximate surface area is 197 Å². The molecule has 11 heteroatoms. The molecule has 0 unspecified atom stereocenters. The highest BCUT2D eigenvalue weighted by Gasteiger charge is 2.52. The maximum absolute atomic E-state index is 13.2. The first-order chi connectivity index (χ1) is 16.3. The summed E-state index contributed by atoms with van der Waals surface area (Å²) in [6.45, 7) is 2.50. The molecule has 10 nitrogen and oxygen atoms in total. The summed E-state index contributed by atoms with van der Waals surface area (Å²) in [5.41, 5.74) is 1.58. The molecule has 2 fully saturated rings. The number of amides is 4. The number of ether oxygens (including phenoxy) is 1. The predicted octanol–water partition coefficient (Wildman–Crippen LogP) is 1.65. The van der Waals surface area contributed by atoms with E-state index in [0.717, 1.165) is 12.8 Å². The van der Waals surface area contributed by atoms with Crippen LogP contribution in [0.15, 0.2) is 59.5 Å². The van der Waals surface area contributed by atoms with E-state index >= 15 is 0 Å². The third-order valence-corrected chi connectivity index (χ3v) is 7.45. The topological polar surface area (TPSA) is 134 Å². The highest BCUT2D eigenvalue weighted by atomic mass is 32.2. The first kappa shape index (κ1) is 23.9. The van der Waals surface area contributed by atoms with E-state index in [0.29, 0.717) is 17.2 Å². The number of benzene rings is 2. The lowest BCUT2D eigenvalue weighted by atomic mass is 9.87. The van der Waals surface area contributed by atoms with Gasteiger partial charge in [0.2, 0.25) is 10.0 Å². The second-order valence-corrected chi connectivity index (χ2v) is 9.92. The molecule has 0 radical (unpaired) electrons. The van der Waals surface area contributed by atoms with Gasteiger partial charge in [-0.15, -0.1) is 0 Å². The minimum atomic E-state index is -3.88. The standard InChI is InChI=1S/C23H26N4O6S/c1-2-23(17-9-4-3-5-10-17)21(29)27(22(30)25-23)26-20(28)16-8-6-12-19(14-16)34(31,32)24-15-18-11-7-13-33-18/h3-6,8-10,12,14,18,24H,2,7,11,13,15H2,1H3,(H,25,30)(H,26,28)/t18-,23+/m0/s1. The normalized spacial score (nSPS) is 22.6. The lowest BCUT2D eigenvalue weighted by Crippen LogP contribution is -2.48. The highest BCUT2D eigenvalue weighted by molar-refractivity contribution is 7.89. The van der Waals surface area contributed by atoms with E-state index in [4.69, 9.17) is 4.74 Å². The van der Waals surface area contributed by atoms with Crippen molar-refractivity contribution in [3.05, 3.63) is 65.7 Å². The quantitative estimate of drug-likeness (QED) is 0.486. The maximum atomic E-state index is 13.2. The lowest BCUT2D eigenvalue weighted by Gasteiger charge is -2.25. The Morgan fingerprint density at radius 3 is 2.62 bits per heavy atom. The number of hydrogen-bond donors (Lipinski definition) is 3. The second kappa shape index (κ2) is 9.53. The number of sulfonamides is 1. The zero-order valence-corrected chi connectivity index (χ0v) is 19.4. The Bertz CT molecular complexity index is 1200. The summed E-state index contributed by atoms with van der Waals surface area (Å²) in [7, 11) is -3.88. The first-order valence-electron chi connectivity index (χ1n) is 11.0. The molecule has 4 rings (SSSR count). The number of imide groups is 1. The number of carbonyl (C=O) groups is 3. The first-order valence-corrected chi connectivity index (χ1v) is 12.5. The summed E-state index contributed by atoms with van der Waals surface area (Å²) in [6, 6.07) is 13.4. The van der Waals surface area contributed by atoms with Crippen LogP contribution in [0, 0.1) is 0 Å². The van der Waals surface area contributed by atoms with Gasteiger partial charge in [0, 0.05) is 18.7 Å². The molecule has 3 N–H and O–H groups in total. The molecule has 4 amide bonds. The van der Waals surface area contributed by atoms with Crippen molar-refractivity contribution in [1.82, 2.24) is 20.5 Å². The van der Waals surface area contributed by atoms with E-state index in [1.165, 1.54) is 24.3 Å². The van der Waals surface area contributed by atoms with E-state index < -0.39 is 33.4 Å². The molecule has 2 aliphatic rings. The summed E-state index contributed by atoms with van der Waals surface area (Å²) < 4.78 is 33.3. The largest absolute Gasteiger partial charge is 0.377 e. The average molecular weight is 487 g/mol. The smallest absolute Gasteiger partial charge is 0.344 e. The SMILES string of the molecule is CC[C@]1(c2ccccc2)NC(=O)N(NC(=O)c2cccc(S(=O)(=O)NC[C@@H]3CCCO3)c2)C1=O. The predicted molar refractivity (Wildman–Crippen MR) is 122 cm³/mol. The molecule has 2 heterocycles. The molecule has 2 aromatic rings. The lowest BCUT2D eigenvalue weighted by molar-refractivity contribution is -0.133. The summed E-state index contributed by atoms with van der Waals surface area (Å²) >= 11 is 0. The zero-order valence-electron chi connectivity index (χ0n) is 18.6. The van der Waals surface area contributed by atoms with Gasteiger partial charge in [-0.1, -0.05) is 43.3 Å². The van der Waals surface area contributed by atoms with Crippen LogP contribution in [0.2, 0.25) is 0 Å². The Morgan fingerprint density at radius 1 is 1.18 bits per heavy atom. The van der Waals surface area contributed by atoms with Crippen molar-refractivity contribution >= 4 is 27.9 Å². The third kappa shape index (κ3) is 4.54. The number of nitrogens with zero attached hydrogens (tertiary/aromatic N) is 1. The van der Waals surface area contributed by atoms with Crippen molar-refractivity contribution in [3.8, 4) is 0 Å². The summed E-state index contributed by atoms with van der Waals surface area (Å²) in [6.07, 6.45) is 1.76. The van der Waals surface area contributed by atoms with Gasteiger partial charge in [0.05, 0.1) is 11.0 Å². The number of carbonyl (C=O) groups excluding carboxylic acids is 3. The minimum absolute atomic E-state index is 0.0192. The fourth-order valence-electron chi connectivity index (χ4n) is 4.10. The molecule has 0 bridgehead atoms. The van der Waals surface area contributed by atoms with E-state index in [1.54, 1.807) is 37.3 Å². The van der Waals surface area contributed by atoms with E-state index in [2.05, 4.69) is 15.5 Å². The molecule has 0 aliphatic carbocycles. The van der Waals surface area contributed by atoms with Crippen LogP contribution in [0.1, 0.15) is 42.1 Å². The van der Waals surface area contributed by atoms with Crippen LogP contribution in [-0.2, 0) is 25.1 Å². The van der Waals surface area contributed by atoms with Crippen LogP contribution in [-0.4, -0.2) is 50.5 Å². The van der Waals surface area contributed by atoms with Crippen LogP contribution in [0.4, 0.5) is 4.79 Å². The summed E-state index contributed by atoms with van der Waals surface area (Å²) in [5.74, 6) is -1.42. The van der Waals surface area contributed by atoms with Crippen LogP contribution in [0.25, 0.3) is 0 Å². The number of urea groups is 1. The minimum Gasteiger partial charge on any atom is -0.377 e. The van der Waals surface area contributed by atoms with Crippen molar-refractivity contribution in [2.24, 2.45) is 0 Å². The molecular weight excluding hydrogens is 460 g/mol. The van der Waals surface area contributed by atoms with Gasteiger partial charge in [0.15, 0.2) is 0 Å². The van der Waals surface area contributed by atoms with Gasteiger partial charge >= 0.3 is 6.03 Å². The zero-order chi connectivity index (χ0) is 24.3. The van der Waals surface area contributed by atoms with Crippen LogP contribution in [0.5, 0.6) is 0 Å². The fraction of sp³-hybridized carbons (Fsp3) is 0.348. The van der Waals surface area contributed by atoms with Crippen molar-refractivity contribution in [2.45, 2.75) is 42.7 Å². The molecule has 34 heavy (non-hydrogen) atoms. The van der Waals surface area contributed by atoms with E-state index in [1.807, 2.05) is 0 Å². The molecule has 180 valence electrons. The van der Waals surface area contributed by atoms with Crippen molar-refractivity contribution in [3.63, 3.8) is 0 Å². The summed E-state index contributed by atoms with van der Waals surface area (Å²) in [5, 5.41) is 3.31. The highest BCUT2D eigenvalue weighted by Crippen LogP contribution is 2.31. The van der Waals surface area contributed by atoms with Gasteiger partial charge in [-0.05, 0) is 43.0 Å². The van der Waals surface area contributed by atoms with Crippen LogP contribution >= 0.6 is 0 Å². The number of hydrazine groups is 1. The number of hydrogen-bond acceptors (Lipinski definition) is 6. The Balaban J connectivity index is 1.49. The molecule has 0 spiro atoms. The average Bonchev–Trinajstić information content (AvgIpc) is 3.46. The Hall–Kier alpha value is -3.28. The third-order valence-electron chi connectivity index (χ3n) is 6.03. The maximum Gasteiger partial charge on any atom is 0.344 e. The molecule has 0 saturated carbocycles. The van der Waals surface area contributed by atoms with Gasteiger partial charge < -0.3 is 10.1 Å². The fourth-order valence-corrected chi connectivity index (χ4v) is 5.21. The molecule has 0 aromatic heterocycles. The van der Waals surface area contributed by atoms with Crippen molar-refractivity contribution in [1.29, 1.82) is 0 Å². The van der Waals surface area contributed by atoms with Crippen LogP contribution in [0.3, 0.4) is 0 Å². The Kier molecular flexibility index (Phi) is 6.69. The Morgan fingerprint density at radius 2 is 1.94 bits per heavy atom. The van der Waals surface area contributed by atoms with Gasteiger partial charge in [-0.3, -0.25) is 15.0 Å². The molecule has 2 aliphatic heterocycles. The monoisotopic (exact) mass is 486 g/mol. The van der Waals surface area contributed by atoms with Gasteiger partial charge in [-0.25, -0.2) is 17.9 Å². The van der Waals surface area contributed by atoms with Gasteiger partial charge in [0.1, 0.15) is 5.54 Å². The van der Waals surface area contributed by atoms with Gasteiger partial charge in [-0.2, -0.15) is 5.01 Å². The van der Waals surface area contributed by atoms with Crippen molar-refractivity contribution in [2.75, 3.05) is 13.2 Å². The van der Waals surface area contributed by atoms with Gasteiger partial charge in [0.25, 0.3) is 11.8 Å². The molecule has 2 aromatic carbocycles. The second-order valence-electron chi connectivity index (χ2n) is 8.15. The molecular formula is C23H26N4O6S. The van der Waals surface area contributed by atoms with Crippen molar-refractivity contribution < 1.29 is 27.5 Å². The number of rotatable bonds is 8. The number of nitrogens with one attached hydrogen (secondary N) is 3. The summed E-state index contributed by atoms with van der Waals surface area (Å²) in [4.78, 5) is 38.5. The van der Waals surface area contributed by atoms with Crippen LogP contribution < -0.4 is 15.5 Å². The molecule has 2 atom stereocenters.